The van der Waals surface area contributed by atoms with E-state index < -0.39 is 0 Å². The van der Waals surface area contributed by atoms with Crippen LogP contribution < -0.4 is 0 Å². The fraction of sp³-hybridized carbons (Fsp3) is 0.571. The zero-order valence-electron chi connectivity index (χ0n) is 11.4. The molecule has 0 aliphatic heterocycles. The van der Waals surface area contributed by atoms with Crippen LogP contribution in [0.25, 0.3) is 10.2 Å². The van der Waals surface area contributed by atoms with E-state index in [-0.39, 0.29) is 12.1 Å². The van der Waals surface area contributed by atoms with Gasteiger partial charge in [0.2, 0.25) is 0 Å². The first kappa shape index (κ1) is 14.2. The molecule has 1 saturated carbocycles. The molecule has 1 aliphatic carbocycles. The Morgan fingerprint density at radius 3 is 3.00 bits per heavy atom. The van der Waals surface area contributed by atoms with Gasteiger partial charge >= 0.3 is 0 Å². The third-order valence-corrected chi connectivity index (χ3v) is 5.07. The maximum absolute atomic E-state index is 10.1. The highest BCUT2D eigenvalue weighted by Crippen LogP contribution is 2.26. The van der Waals surface area contributed by atoms with Crippen molar-refractivity contribution in [1.29, 1.82) is 0 Å². The average molecular weight is 312 g/mol. The molecule has 1 N–H and O–H groups in total. The molecule has 2 heterocycles. The Hall–Kier alpha value is -0.750. The molecule has 0 saturated heterocycles. The predicted molar refractivity (Wildman–Crippen MR) is 82.2 cm³/mol. The Bertz CT molecular complexity index is 603. The number of likely N-dealkylation sites (N-methyl/N-ethyl adjacent to an activating group) is 1. The first-order chi connectivity index (χ1) is 9.65. The predicted octanol–water partition coefficient (Wildman–Crippen LogP) is 3.08. The molecule has 0 radical (unpaired) electrons. The molecule has 0 amide bonds. The van der Waals surface area contributed by atoms with Gasteiger partial charge in [0.15, 0.2) is 0 Å². The standard InChI is InChI=1S/C14H18ClN3OS/c1-18(10-4-2-3-5-11(10)19)8-12-16-13(15)9-6-7-20-14(9)17-12/h6-7,10-11,19H,2-5,8H2,1H3. The summed E-state index contributed by atoms with van der Waals surface area (Å²) in [5.74, 6) is 0.727. The summed E-state index contributed by atoms with van der Waals surface area (Å²) in [6.45, 7) is 0.620. The molecule has 2 atom stereocenters. The van der Waals surface area contributed by atoms with Crippen molar-refractivity contribution >= 4 is 33.2 Å². The minimum atomic E-state index is -0.241. The zero-order valence-corrected chi connectivity index (χ0v) is 13.0. The number of aliphatic hydroxyl groups excluding tert-OH is 1. The van der Waals surface area contributed by atoms with Gasteiger partial charge in [0.25, 0.3) is 0 Å². The zero-order chi connectivity index (χ0) is 14.1. The van der Waals surface area contributed by atoms with Crippen LogP contribution in [-0.2, 0) is 6.54 Å². The molecule has 108 valence electrons. The molecule has 6 heteroatoms. The second-order valence-corrected chi connectivity index (χ2v) is 6.66. The van der Waals surface area contributed by atoms with Gasteiger partial charge in [-0.15, -0.1) is 11.3 Å². The lowest BCUT2D eigenvalue weighted by Gasteiger charge is -2.34. The lowest BCUT2D eigenvalue weighted by atomic mass is 9.91. The number of nitrogens with zero attached hydrogens (tertiary/aromatic N) is 3. The molecular weight excluding hydrogens is 294 g/mol. The first-order valence-electron chi connectivity index (χ1n) is 6.93. The Labute approximate surface area is 127 Å². The number of thiophene rings is 1. The molecule has 1 aliphatic rings. The summed E-state index contributed by atoms with van der Waals surface area (Å²) in [6.07, 6.45) is 3.98. The number of aromatic nitrogens is 2. The monoisotopic (exact) mass is 311 g/mol. The van der Waals surface area contributed by atoms with Crippen LogP contribution in [-0.4, -0.2) is 39.2 Å². The summed E-state index contributed by atoms with van der Waals surface area (Å²) in [5, 5.41) is 13.5. The molecule has 0 spiro atoms. The second kappa shape index (κ2) is 5.93. The molecule has 20 heavy (non-hydrogen) atoms. The minimum Gasteiger partial charge on any atom is -0.391 e. The van der Waals surface area contributed by atoms with Gasteiger partial charge in [0.1, 0.15) is 15.8 Å². The summed E-state index contributed by atoms with van der Waals surface area (Å²) in [7, 11) is 2.02. The molecule has 0 aromatic carbocycles. The van der Waals surface area contributed by atoms with Crippen LogP contribution in [0.3, 0.4) is 0 Å². The van der Waals surface area contributed by atoms with E-state index in [9.17, 15) is 5.11 Å². The summed E-state index contributed by atoms with van der Waals surface area (Å²) in [4.78, 5) is 12.0. The number of rotatable bonds is 3. The van der Waals surface area contributed by atoms with E-state index in [1.165, 1.54) is 6.42 Å². The van der Waals surface area contributed by atoms with Crippen molar-refractivity contribution in [1.82, 2.24) is 14.9 Å². The number of hydrogen-bond acceptors (Lipinski definition) is 5. The van der Waals surface area contributed by atoms with Gasteiger partial charge in [-0.2, -0.15) is 0 Å². The van der Waals surface area contributed by atoms with Crippen molar-refractivity contribution in [2.24, 2.45) is 0 Å². The highest BCUT2D eigenvalue weighted by molar-refractivity contribution is 7.16. The van der Waals surface area contributed by atoms with Gasteiger partial charge in [0.05, 0.1) is 12.6 Å². The van der Waals surface area contributed by atoms with Crippen LogP contribution in [0.1, 0.15) is 31.5 Å². The van der Waals surface area contributed by atoms with E-state index in [0.29, 0.717) is 11.7 Å². The van der Waals surface area contributed by atoms with Crippen molar-refractivity contribution in [3.8, 4) is 0 Å². The molecule has 4 nitrogen and oxygen atoms in total. The smallest absolute Gasteiger partial charge is 0.145 e. The molecule has 0 bridgehead atoms. The summed E-state index contributed by atoms with van der Waals surface area (Å²) in [6, 6.07) is 2.14. The quantitative estimate of drug-likeness (QED) is 0.885. The maximum Gasteiger partial charge on any atom is 0.145 e. The number of aliphatic hydroxyl groups is 1. The summed E-state index contributed by atoms with van der Waals surface area (Å²) < 4.78 is 0. The van der Waals surface area contributed by atoms with Crippen molar-refractivity contribution in [2.45, 2.75) is 44.4 Å². The van der Waals surface area contributed by atoms with Crippen LogP contribution in [0.4, 0.5) is 0 Å². The third kappa shape index (κ3) is 2.81. The summed E-state index contributed by atoms with van der Waals surface area (Å²) in [5.41, 5.74) is 0. The Morgan fingerprint density at radius 1 is 1.40 bits per heavy atom. The van der Waals surface area contributed by atoms with Crippen LogP contribution in [0.5, 0.6) is 0 Å². The Balaban J connectivity index is 1.78. The molecule has 3 rings (SSSR count). The molecule has 2 aromatic heterocycles. The van der Waals surface area contributed by atoms with E-state index >= 15 is 0 Å². The van der Waals surface area contributed by atoms with Gasteiger partial charge in [-0.05, 0) is 31.3 Å². The number of hydrogen-bond donors (Lipinski definition) is 1. The summed E-state index contributed by atoms with van der Waals surface area (Å²) >= 11 is 7.76. The lowest BCUT2D eigenvalue weighted by molar-refractivity contribution is 0.0278. The van der Waals surface area contributed by atoms with Crippen LogP contribution in [0.15, 0.2) is 11.4 Å². The fourth-order valence-corrected chi connectivity index (χ4v) is 3.97. The Kier molecular flexibility index (Phi) is 4.21. The Morgan fingerprint density at radius 2 is 2.20 bits per heavy atom. The van der Waals surface area contributed by atoms with Crippen LogP contribution >= 0.6 is 22.9 Å². The lowest BCUT2D eigenvalue weighted by Crippen LogP contribution is -2.43. The van der Waals surface area contributed by atoms with E-state index in [2.05, 4.69) is 14.9 Å². The van der Waals surface area contributed by atoms with Crippen LogP contribution in [0, 0.1) is 0 Å². The molecule has 2 aromatic rings. The van der Waals surface area contributed by atoms with E-state index in [0.717, 1.165) is 35.3 Å². The first-order valence-corrected chi connectivity index (χ1v) is 8.19. The van der Waals surface area contributed by atoms with E-state index in [4.69, 9.17) is 11.6 Å². The minimum absolute atomic E-state index is 0.199. The average Bonchev–Trinajstić information content (AvgIpc) is 2.88. The molecule has 1 fully saturated rings. The van der Waals surface area contributed by atoms with Crippen LogP contribution in [0.2, 0.25) is 5.15 Å². The van der Waals surface area contributed by atoms with Gasteiger partial charge in [-0.1, -0.05) is 24.4 Å². The normalized spacial score (nSPS) is 23.6. The highest BCUT2D eigenvalue weighted by Gasteiger charge is 2.27. The van der Waals surface area contributed by atoms with E-state index in [1.807, 2.05) is 18.5 Å². The van der Waals surface area contributed by atoms with Crippen molar-refractivity contribution < 1.29 is 5.11 Å². The SMILES string of the molecule is CN(Cc1nc(Cl)c2ccsc2n1)C1CCCCC1O. The van der Waals surface area contributed by atoms with Gasteiger partial charge in [-0.25, -0.2) is 9.97 Å². The topological polar surface area (TPSA) is 49.2 Å². The van der Waals surface area contributed by atoms with Gasteiger partial charge < -0.3 is 5.11 Å². The maximum atomic E-state index is 10.1. The third-order valence-electron chi connectivity index (χ3n) is 3.98. The van der Waals surface area contributed by atoms with Crippen molar-refractivity contribution in [2.75, 3.05) is 7.05 Å². The number of fused-ring (bicyclic) bond motifs is 1. The van der Waals surface area contributed by atoms with Gasteiger partial charge in [-0.3, -0.25) is 4.90 Å². The van der Waals surface area contributed by atoms with E-state index in [1.54, 1.807) is 11.3 Å². The highest BCUT2D eigenvalue weighted by atomic mass is 35.5. The van der Waals surface area contributed by atoms with Crippen molar-refractivity contribution in [3.63, 3.8) is 0 Å². The molecular formula is C14H18ClN3OS. The van der Waals surface area contributed by atoms with Crippen molar-refractivity contribution in [3.05, 3.63) is 22.4 Å². The number of halogens is 1. The van der Waals surface area contributed by atoms with Gasteiger partial charge in [0, 0.05) is 11.4 Å². The largest absolute Gasteiger partial charge is 0.391 e. The molecule has 2 unspecified atom stereocenters. The second-order valence-electron chi connectivity index (χ2n) is 5.40. The fourth-order valence-electron chi connectivity index (χ4n) is 2.88.